The van der Waals surface area contributed by atoms with Gasteiger partial charge in [-0.25, -0.2) is 4.39 Å². The third-order valence-electron chi connectivity index (χ3n) is 2.26. The minimum atomic E-state index is -1.03. The van der Waals surface area contributed by atoms with Crippen LogP contribution in [0.15, 0.2) is 41.0 Å². The third kappa shape index (κ3) is 2.45. The summed E-state index contributed by atoms with van der Waals surface area (Å²) in [6.45, 7) is 0.101. The molecule has 0 aliphatic heterocycles. The van der Waals surface area contributed by atoms with Gasteiger partial charge < -0.3 is 14.9 Å². The molecule has 17 heavy (non-hydrogen) atoms. The molecule has 2 N–H and O–H groups in total. The van der Waals surface area contributed by atoms with Gasteiger partial charge in [-0.1, -0.05) is 6.07 Å². The van der Waals surface area contributed by atoms with Gasteiger partial charge in [-0.15, -0.1) is 0 Å². The van der Waals surface area contributed by atoms with E-state index in [1.807, 2.05) is 0 Å². The Morgan fingerprint density at radius 3 is 2.71 bits per heavy atom. The predicted octanol–water partition coefficient (Wildman–Crippen LogP) is 2.64. The van der Waals surface area contributed by atoms with E-state index in [0.717, 1.165) is 6.07 Å². The summed E-state index contributed by atoms with van der Waals surface area (Å²) in [6, 6.07) is 7.05. The zero-order chi connectivity index (χ0) is 12.3. The lowest BCUT2D eigenvalue weighted by atomic mass is 10.2. The Hall–Kier alpha value is -1.88. The molecule has 0 radical (unpaired) electrons. The number of hydrogen-bond donors (Lipinski definition) is 1. The summed E-state index contributed by atoms with van der Waals surface area (Å²) in [5.41, 5.74) is 5.50. The maximum Gasteiger partial charge on any atom is 0.200 e. The van der Waals surface area contributed by atoms with Gasteiger partial charge in [-0.05, 0) is 24.3 Å². The topological polar surface area (TPSA) is 48.4 Å². The molecular formula is C12H11F2NO2. The first-order valence-electron chi connectivity index (χ1n) is 5.06. The van der Waals surface area contributed by atoms with E-state index in [0.29, 0.717) is 5.76 Å². The Kier molecular flexibility index (Phi) is 3.39. The van der Waals surface area contributed by atoms with Crippen molar-refractivity contribution in [1.82, 2.24) is 0 Å². The number of nitrogens with two attached hydrogens (primary N) is 1. The second-order valence-corrected chi connectivity index (χ2v) is 3.41. The first-order valence-corrected chi connectivity index (χ1v) is 5.06. The molecule has 1 aromatic heterocycles. The largest absolute Gasteiger partial charge is 0.478 e. The second-order valence-electron chi connectivity index (χ2n) is 3.41. The Bertz CT molecular complexity index is 485. The Morgan fingerprint density at radius 1 is 1.24 bits per heavy atom. The fraction of sp³-hybridized carbons (Fsp3) is 0.167. The highest BCUT2D eigenvalue weighted by Crippen LogP contribution is 2.25. The third-order valence-corrected chi connectivity index (χ3v) is 2.26. The summed E-state index contributed by atoms with van der Waals surface area (Å²) >= 11 is 0. The van der Waals surface area contributed by atoms with E-state index in [-0.39, 0.29) is 12.3 Å². The minimum absolute atomic E-state index is 0.101. The lowest BCUT2D eigenvalue weighted by Gasteiger charge is -2.15. The molecule has 0 aliphatic rings. The zero-order valence-electron chi connectivity index (χ0n) is 8.90. The number of furan rings is 1. The monoisotopic (exact) mass is 239 g/mol. The van der Waals surface area contributed by atoms with E-state index < -0.39 is 17.7 Å². The SMILES string of the molecule is NCC(Oc1cccc(F)c1F)c1ccco1. The molecule has 0 aliphatic carbocycles. The summed E-state index contributed by atoms with van der Waals surface area (Å²) in [6.07, 6.45) is 0.824. The molecular weight excluding hydrogens is 228 g/mol. The Labute approximate surface area is 96.8 Å². The minimum Gasteiger partial charge on any atom is -0.478 e. The number of halogens is 2. The highest BCUT2D eigenvalue weighted by Gasteiger charge is 2.17. The van der Waals surface area contributed by atoms with Gasteiger partial charge in [0, 0.05) is 6.54 Å². The summed E-state index contributed by atoms with van der Waals surface area (Å²) in [5, 5.41) is 0. The number of rotatable bonds is 4. The second kappa shape index (κ2) is 4.97. The zero-order valence-corrected chi connectivity index (χ0v) is 8.90. The summed E-state index contributed by atoms with van der Waals surface area (Å²) in [7, 11) is 0. The van der Waals surface area contributed by atoms with Gasteiger partial charge in [-0.3, -0.25) is 0 Å². The lowest BCUT2D eigenvalue weighted by Crippen LogP contribution is -2.18. The van der Waals surface area contributed by atoms with Crippen LogP contribution in [0.4, 0.5) is 8.78 Å². The molecule has 0 saturated carbocycles. The highest BCUT2D eigenvalue weighted by atomic mass is 19.2. The van der Waals surface area contributed by atoms with Crippen molar-refractivity contribution in [2.45, 2.75) is 6.10 Å². The molecule has 0 spiro atoms. The van der Waals surface area contributed by atoms with Gasteiger partial charge in [0.25, 0.3) is 0 Å². The van der Waals surface area contributed by atoms with E-state index in [1.165, 1.54) is 18.4 Å². The average Bonchev–Trinajstić information content (AvgIpc) is 2.85. The average molecular weight is 239 g/mol. The van der Waals surface area contributed by atoms with Gasteiger partial charge in [-0.2, -0.15) is 4.39 Å². The van der Waals surface area contributed by atoms with Crippen LogP contribution < -0.4 is 10.5 Å². The van der Waals surface area contributed by atoms with Gasteiger partial charge >= 0.3 is 0 Å². The van der Waals surface area contributed by atoms with Gasteiger partial charge in [0.15, 0.2) is 17.7 Å². The van der Waals surface area contributed by atoms with Crippen molar-refractivity contribution in [3.05, 3.63) is 54.0 Å². The lowest BCUT2D eigenvalue weighted by molar-refractivity contribution is 0.174. The number of benzene rings is 1. The fourth-order valence-corrected chi connectivity index (χ4v) is 1.43. The molecule has 1 unspecified atom stereocenters. The summed E-state index contributed by atoms with van der Waals surface area (Å²) in [4.78, 5) is 0. The number of ether oxygens (including phenoxy) is 1. The first-order chi connectivity index (χ1) is 8.22. The summed E-state index contributed by atoms with van der Waals surface area (Å²) in [5.74, 6) is -1.71. The molecule has 2 aromatic rings. The van der Waals surface area contributed by atoms with E-state index in [4.69, 9.17) is 14.9 Å². The van der Waals surface area contributed by atoms with Gasteiger partial charge in [0.05, 0.1) is 6.26 Å². The van der Waals surface area contributed by atoms with Crippen LogP contribution in [0.25, 0.3) is 0 Å². The van der Waals surface area contributed by atoms with E-state index >= 15 is 0 Å². The van der Waals surface area contributed by atoms with Crippen LogP contribution in [0.3, 0.4) is 0 Å². The van der Waals surface area contributed by atoms with Crippen molar-refractivity contribution in [2.24, 2.45) is 5.73 Å². The van der Waals surface area contributed by atoms with E-state index in [1.54, 1.807) is 12.1 Å². The van der Waals surface area contributed by atoms with Crippen molar-refractivity contribution in [3.8, 4) is 5.75 Å². The molecule has 5 heteroatoms. The fourth-order valence-electron chi connectivity index (χ4n) is 1.43. The molecule has 0 fully saturated rings. The smallest absolute Gasteiger partial charge is 0.200 e. The Morgan fingerprint density at radius 2 is 2.06 bits per heavy atom. The molecule has 0 amide bonds. The van der Waals surface area contributed by atoms with Crippen molar-refractivity contribution in [1.29, 1.82) is 0 Å². The van der Waals surface area contributed by atoms with Crippen LogP contribution in [0.5, 0.6) is 5.75 Å². The van der Waals surface area contributed by atoms with Crippen LogP contribution in [-0.2, 0) is 0 Å². The maximum absolute atomic E-state index is 13.4. The number of hydrogen-bond acceptors (Lipinski definition) is 3. The quantitative estimate of drug-likeness (QED) is 0.892. The maximum atomic E-state index is 13.4. The van der Waals surface area contributed by atoms with E-state index in [2.05, 4.69) is 0 Å². The molecule has 1 aromatic carbocycles. The predicted molar refractivity (Wildman–Crippen MR) is 57.5 cm³/mol. The first kappa shape index (κ1) is 11.6. The molecule has 1 atom stereocenters. The van der Waals surface area contributed by atoms with Crippen LogP contribution in [0, 0.1) is 11.6 Å². The molecule has 90 valence electrons. The van der Waals surface area contributed by atoms with Crippen LogP contribution in [-0.4, -0.2) is 6.54 Å². The molecule has 3 nitrogen and oxygen atoms in total. The van der Waals surface area contributed by atoms with Gasteiger partial charge in [0.1, 0.15) is 5.76 Å². The van der Waals surface area contributed by atoms with Crippen molar-refractivity contribution >= 4 is 0 Å². The molecule has 0 saturated heterocycles. The van der Waals surface area contributed by atoms with E-state index in [9.17, 15) is 8.78 Å². The van der Waals surface area contributed by atoms with Gasteiger partial charge in [0.2, 0.25) is 5.82 Å². The standard InChI is InChI=1S/C12H11F2NO2/c13-8-3-1-4-10(12(8)14)17-11(7-15)9-5-2-6-16-9/h1-6,11H,7,15H2. The normalized spacial score (nSPS) is 12.4. The summed E-state index contributed by atoms with van der Waals surface area (Å²) < 4.78 is 36.7. The van der Waals surface area contributed by atoms with Crippen molar-refractivity contribution in [3.63, 3.8) is 0 Å². The molecule has 2 rings (SSSR count). The highest BCUT2D eigenvalue weighted by molar-refractivity contribution is 5.26. The van der Waals surface area contributed by atoms with Crippen molar-refractivity contribution in [2.75, 3.05) is 6.54 Å². The molecule has 1 heterocycles. The molecule has 0 bridgehead atoms. The van der Waals surface area contributed by atoms with Crippen LogP contribution >= 0.6 is 0 Å². The van der Waals surface area contributed by atoms with Crippen LogP contribution in [0.1, 0.15) is 11.9 Å². The van der Waals surface area contributed by atoms with Crippen LogP contribution in [0.2, 0.25) is 0 Å². The Balaban J connectivity index is 2.22. The van der Waals surface area contributed by atoms with Crippen molar-refractivity contribution < 1.29 is 17.9 Å².